The minimum atomic E-state index is -0.388. The van der Waals surface area contributed by atoms with Gasteiger partial charge in [-0.15, -0.1) is 22.9 Å². The average molecular weight is 346 g/mol. The van der Waals surface area contributed by atoms with Gasteiger partial charge in [-0.3, -0.25) is 0 Å². The molecule has 0 aliphatic heterocycles. The summed E-state index contributed by atoms with van der Waals surface area (Å²) in [6.07, 6.45) is 0. The van der Waals surface area contributed by atoms with E-state index in [1.54, 1.807) is 18.2 Å². The highest BCUT2D eigenvalue weighted by Gasteiger charge is 2.17. The van der Waals surface area contributed by atoms with E-state index < -0.39 is 0 Å². The summed E-state index contributed by atoms with van der Waals surface area (Å²) >= 11 is 31.3. The zero-order valence-corrected chi connectivity index (χ0v) is 12.8. The van der Waals surface area contributed by atoms with Crippen LogP contribution in [0.2, 0.25) is 18.7 Å². The summed E-state index contributed by atoms with van der Waals surface area (Å²) in [5.74, 6) is 0. The molecule has 0 amide bonds. The molecule has 0 nitrogen and oxygen atoms in total. The second-order valence-electron chi connectivity index (χ2n) is 3.32. The maximum absolute atomic E-state index is 6.34. The van der Waals surface area contributed by atoms with Gasteiger partial charge in [0.1, 0.15) is 0 Å². The van der Waals surface area contributed by atoms with E-state index in [0.29, 0.717) is 18.7 Å². The number of benzene rings is 1. The molecule has 0 bridgehead atoms. The second-order valence-corrected chi connectivity index (χ2v) is 6.85. The van der Waals surface area contributed by atoms with E-state index in [0.717, 1.165) is 11.1 Å². The number of alkyl halides is 1. The van der Waals surface area contributed by atoms with Crippen LogP contribution in [-0.4, -0.2) is 0 Å². The monoisotopic (exact) mass is 344 g/mol. The lowest BCUT2D eigenvalue weighted by molar-refractivity contribution is 1.16. The molecule has 0 aliphatic rings. The average Bonchev–Trinajstić information content (AvgIpc) is 2.61. The zero-order valence-electron chi connectivity index (χ0n) is 8.18. The largest absolute Gasteiger partial charge is 0.112 e. The predicted molar refractivity (Wildman–Crippen MR) is 78.5 cm³/mol. The molecular weight excluding hydrogens is 341 g/mol. The Hall–Kier alpha value is 0.370. The molecule has 0 radical (unpaired) electrons. The molecule has 17 heavy (non-hydrogen) atoms. The van der Waals surface area contributed by atoms with Gasteiger partial charge >= 0.3 is 0 Å². The van der Waals surface area contributed by atoms with E-state index >= 15 is 0 Å². The molecule has 2 rings (SSSR count). The van der Waals surface area contributed by atoms with Gasteiger partial charge in [0.15, 0.2) is 0 Å². The molecule has 0 saturated carbocycles. The predicted octanol–water partition coefficient (Wildman–Crippen LogP) is 6.69. The van der Waals surface area contributed by atoms with Gasteiger partial charge in [0.25, 0.3) is 0 Å². The molecule has 2 aromatic rings. The van der Waals surface area contributed by atoms with Gasteiger partial charge in [0, 0.05) is 5.56 Å². The Morgan fingerprint density at radius 2 is 1.65 bits per heavy atom. The molecule has 1 unspecified atom stereocenters. The van der Waals surface area contributed by atoms with Gasteiger partial charge < -0.3 is 0 Å². The Morgan fingerprint density at radius 1 is 0.941 bits per heavy atom. The van der Waals surface area contributed by atoms with Crippen LogP contribution in [0.15, 0.2) is 24.3 Å². The van der Waals surface area contributed by atoms with Gasteiger partial charge in [-0.2, -0.15) is 0 Å². The van der Waals surface area contributed by atoms with Crippen molar-refractivity contribution >= 4 is 69.3 Å². The van der Waals surface area contributed by atoms with Gasteiger partial charge in [0.2, 0.25) is 0 Å². The standard InChI is InChI=1S/C11H5Cl5S/c12-7-2-1-5(3-8(7)13)10(15)6-4-9(14)17-11(6)16/h1-4,10H. The van der Waals surface area contributed by atoms with Crippen molar-refractivity contribution in [2.75, 3.05) is 0 Å². The van der Waals surface area contributed by atoms with Crippen LogP contribution >= 0.6 is 69.3 Å². The third kappa shape index (κ3) is 3.04. The maximum Gasteiger partial charge on any atom is 0.0994 e. The lowest BCUT2D eigenvalue weighted by Gasteiger charge is -2.09. The number of hydrogen-bond donors (Lipinski definition) is 0. The first-order valence-electron chi connectivity index (χ1n) is 4.53. The lowest BCUT2D eigenvalue weighted by atomic mass is 10.1. The van der Waals surface area contributed by atoms with Gasteiger partial charge in [-0.05, 0) is 23.8 Å². The highest BCUT2D eigenvalue weighted by molar-refractivity contribution is 7.20. The van der Waals surface area contributed by atoms with Crippen molar-refractivity contribution in [3.63, 3.8) is 0 Å². The fraction of sp³-hybridized carbons (Fsp3) is 0.0909. The molecule has 1 heterocycles. The van der Waals surface area contributed by atoms with E-state index in [2.05, 4.69) is 0 Å². The van der Waals surface area contributed by atoms with Crippen molar-refractivity contribution in [3.05, 3.63) is 54.1 Å². The summed E-state index contributed by atoms with van der Waals surface area (Å²) in [7, 11) is 0. The van der Waals surface area contributed by atoms with Crippen LogP contribution < -0.4 is 0 Å². The molecule has 0 fully saturated rings. The maximum atomic E-state index is 6.34. The number of rotatable bonds is 2. The Kier molecular flexibility index (Phi) is 4.51. The lowest BCUT2D eigenvalue weighted by Crippen LogP contribution is -1.91. The molecule has 1 aromatic carbocycles. The molecule has 0 spiro atoms. The van der Waals surface area contributed by atoms with Crippen LogP contribution in [-0.2, 0) is 0 Å². The van der Waals surface area contributed by atoms with Crippen molar-refractivity contribution in [3.8, 4) is 0 Å². The fourth-order valence-corrected chi connectivity index (χ4v) is 3.64. The molecule has 0 aliphatic carbocycles. The smallest absolute Gasteiger partial charge is 0.0994 e. The molecule has 1 atom stereocenters. The van der Waals surface area contributed by atoms with E-state index in [-0.39, 0.29) is 5.38 Å². The van der Waals surface area contributed by atoms with Crippen molar-refractivity contribution in [2.45, 2.75) is 5.38 Å². The van der Waals surface area contributed by atoms with Gasteiger partial charge in [0.05, 0.1) is 24.1 Å². The molecule has 1 aromatic heterocycles. The van der Waals surface area contributed by atoms with Gasteiger partial charge in [-0.1, -0.05) is 52.5 Å². The van der Waals surface area contributed by atoms with E-state index in [9.17, 15) is 0 Å². The molecule has 0 N–H and O–H groups in total. The third-order valence-electron chi connectivity index (χ3n) is 2.19. The Morgan fingerprint density at radius 3 is 2.18 bits per heavy atom. The Balaban J connectivity index is 2.40. The van der Waals surface area contributed by atoms with Crippen molar-refractivity contribution < 1.29 is 0 Å². The highest BCUT2D eigenvalue weighted by atomic mass is 35.5. The summed E-state index contributed by atoms with van der Waals surface area (Å²) < 4.78 is 1.19. The topological polar surface area (TPSA) is 0 Å². The summed E-state index contributed by atoms with van der Waals surface area (Å²) in [4.78, 5) is 0. The summed E-state index contributed by atoms with van der Waals surface area (Å²) in [6.45, 7) is 0. The first kappa shape index (κ1) is 13.8. The fourth-order valence-electron chi connectivity index (χ4n) is 1.38. The van der Waals surface area contributed by atoms with Gasteiger partial charge in [-0.25, -0.2) is 0 Å². The highest BCUT2D eigenvalue weighted by Crippen LogP contribution is 2.41. The molecule has 0 saturated heterocycles. The quantitative estimate of drug-likeness (QED) is 0.531. The minimum absolute atomic E-state index is 0.388. The van der Waals surface area contributed by atoms with E-state index in [1.807, 2.05) is 6.07 Å². The summed E-state index contributed by atoms with van der Waals surface area (Å²) in [6, 6.07) is 7.00. The summed E-state index contributed by atoms with van der Waals surface area (Å²) in [5, 5.41) is 0.571. The van der Waals surface area contributed by atoms with Crippen LogP contribution in [0.4, 0.5) is 0 Å². The van der Waals surface area contributed by atoms with E-state index in [4.69, 9.17) is 58.0 Å². The van der Waals surface area contributed by atoms with Crippen LogP contribution in [0, 0.1) is 0 Å². The zero-order chi connectivity index (χ0) is 12.6. The van der Waals surface area contributed by atoms with Crippen molar-refractivity contribution in [2.24, 2.45) is 0 Å². The number of halogens is 5. The molecule has 90 valence electrons. The van der Waals surface area contributed by atoms with E-state index in [1.165, 1.54) is 11.3 Å². The molecular formula is C11H5Cl5S. The number of hydrogen-bond acceptors (Lipinski definition) is 1. The van der Waals surface area contributed by atoms with Crippen molar-refractivity contribution in [1.29, 1.82) is 0 Å². The third-order valence-corrected chi connectivity index (χ3v) is 4.94. The first-order valence-corrected chi connectivity index (χ1v) is 7.29. The minimum Gasteiger partial charge on any atom is -0.112 e. The molecule has 6 heteroatoms. The second kappa shape index (κ2) is 5.56. The van der Waals surface area contributed by atoms with Crippen LogP contribution in [0.25, 0.3) is 0 Å². The Bertz CT molecular complexity index is 549. The number of thiophene rings is 1. The van der Waals surface area contributed by atoms with Crippen molar-refractivity contribution in [1.82, 2.24) is 0 Å². The van der Waals surface area contributed by atoms with Crippen LogP contribution in [0.5, 0.6) is 0 Å². The Labute approximate surface area is 128 Å². The van der Waals surface area contributed by atoms with Crippen LogP contribution in [0.3, 0.4) is 0 Å². The normalized spacial score (nSPS) is 12.8. The first-order chi connectivity index (χ1) is 7.99. The van der Waals surface area contributed by atoms with Crippen LogP contribution in [0.1, 0.15) is 16.5 Å². The summed E-state index contributed by atoms with van der Waals surface area (Å²) in [5.41, 5.74) is 1.61. The SMILES string of the molecule is Clc1cc(C(Cl)c2ccc(Cl)c(Cl)c2)c(Cl)s1.